The van der Waals surface area contributed by atoms with Crippen LogP contribution >= 0.6 is 0 Å². The van der Waals surface area contributed by atoms with Crippen molar-refractivity contribution in [2.75, 3.05) is 0 Å². The summed E-state index contributed by atoms with van der Waals surface area (Å²) in [5, 5.41) is 0. The maximum Gasteiger partial charge on any atom is -0.000799 e. The second kappa shape index (κ2) is 22.9. The van der Waals surface area contributed by atoms with Crippen LogP contribution in [-0.4, -0.2) is 0 Å². The van der Waals surface area contributed by atoms with Crippen LogP contribution in [0.4, 0.5) is 0 Å². The third kappa shape index (κ3) is 10.5. The summed E-state index contributed by atoms with van der Waals surface area (Å²) < 4.78 is 0. The lowest BCUT2D eigenvalue weighted by Gasteiger charge is -2.11. The normalized spacial score (nSPS) is 12.5. The van der Waals surface area contributed by atoms with E-state index in [2.05, 4.69) is 260 Å². The Bertz CT molecular complexity index is 4390. The van der Waals surface area contributed by atoms with Gasteiger partial charge in [-0.05, 0) is 388 Å². The lowest BCUT2D eigenvalue weighted by Crippen LogP contribution is -1.93. The van der Waals surface area contributed by atoms with E-state index < -0.39 is 0 Å². The summed E-state index contributed by atoms with van der Waals surface area (Å²) in [5.74, 6) is 0. The zero-order valence-electron chi connectivity index (χ0n) is 55.1. The molecule has 0 amide bonds. The molecule has 5 aliphatic carbocycles. The first-order chi connectivity index (χ1) is 40.4. The fraction of sp³-hybridized carbons (Fsp3) is 0.294. The number of hydrogen-bond acceptors (Lipinski definition) is 0. The molecule has 0 fully saturated rings. The van der Waals surface area contributed by atoms with Gasteiger partial charge in [-0.1, -0.05) is 127 Å². The molecule has 85 heavy (non-hydrogen) atoms. The molecule has 430 valence electrons. The van der Waals surface area contributed by atoms with Crippen LogP contribution in [0.15, 0.2) is 121 Å². The lowest BCUT2D eigenvalue weighted by atomic mass is 9.93. The molecular formula is C85H90. The molecule has 0 aliphatic heterocycles. The molecule has 0 spiro atoms. The van der Waals surface area contributed by atoms with E-state index >= 15 is 0 Å². The van der Waals surface area contributed by atoms with E-state index in [0.717, 1.165) is 32.1 Å². The maximum atomic E-state index is 2.36. The molecule has 10 aromatic carbocycles. The van der Waals surface area contributed by atoms with Gasteiger partial charge in [0.25, 0.3) is 0 Å². The molecule has 0 radical (unpaired) electrons. The Hall–Kier alpha value is -7.80. The molecular weight excluding hydrogens is 1020 g/mol. The molecule has 0 aromatic heterocycles. The molecule has 15 rings (SSSR count). The van der Waals surface area contributed by atoms with Gasteiger partial charge in [0.05, 0.1) is 0 Å². The summed E-state index contributed by atoms with van der Waals surface area (Å²) >= 11 is 0. The second-order valence-corrected chi connectivity index (χ2v) is 26.4. The molecule has 0 bridgehead atoms. The monoisotopic (exact) mass is 1110 g/mol. The quantitative estimate of drug-likeness (QED) is 0.142. The highest BCUT2D eigenvalue weighted by Crippen LogP contribution is 2.47. The SMILES string of the molecule is Cc1cc(C)c2c(c1)Cc1c-2ccc(C)c1C.Cc1cc(C)c2c(c1C)Cc1c(C)cccc1-2.Cc1cc2c(cc1C)-c1ccc(C)c(C)c1C2.Cc1ccc2c(c1C)Cc1c(C)ccc(C)c1-2.Cc1ccc2c(c1C)Cc1ccc(C)c(C)c1-2. The summed E-state index contributed by atoms with van der Waals surface area (Å²) in [6, 6.07) is 45.6. The van der Waals surface area contributed by atoms with E-state index in [1.54, 1.807) is 5.56 Å². The van der Waals surface area contributed by atoms with Crippen molar-refractivity contribution in [3.05, 3.63) is 288 Å². The van der Waals surface area contributed by atoms with Crippen LogP contribution in [0, 0.1) is 138 Å². The Morgan fingerprint density at radius 2 is 0.600 bits per heavy atom. The van der Waals surface area contributed by atoms with Crippen LogP contribution in [0.2, 0.25) is 0 Å². The smallest absolute Gasteiger partial charge is 0.000799 e. The summed E-state index contributed by atoms with van der Waals surface area (Å²) in [6.45, 7) is 44.5. The van der Waals surface area contributed by atoms with Crippen LogP contribution in [0.5, 0.6) is 0 Å². The average Bonchev–Trinajstić information content (AvgIpc) is 2.53. The van der Waals surface area contributed by atoms with Gasteiger partial charge < -0.3 is 0 Å². The number of fused-ring (bicyclic) bond motifs is 15. The summed E-state index contributed by atoms with van der Waals surface area (Å²) in [6.07, 6.45) is 5.57. The van der Waals surface area contributed by atoms with E-state index in [0.29, 0.717) is 0 Å². The lowest BCUT2D eigenvalue weighted by molar-refractivity contribution is 1.16. The number of aryl methyl sites for hydroxylation is 14. The van der Waals surface area contributed by atoms with Crippen molar-refractivity contribution in [3.63, 3.8) is 0 Å². The van der Waals surface area contributed by atoms with Gasteiger partial charge in [0.1, 0.15) is 0 Å². The van der Waals surface area contributed by atoms with E-state index in [-0.39, 0.29) is 0 Å². The maximum absolute atomic E-state index is 2.36. The minimum Gasteiger partial charge on any atom is -0.0614 e. The fourth-order valence-electron chi connectivity index (χ4n) is 14.9. The molecule has 10 aromatic rings. The van der Waals surface area contributed by atoms with Crippen molar-refractivity contribution in [2.24, 2.45) is 0 Å². The van der Waals surface area contributed by atoms with Crippen LogP contribution in [0.25, 0.3) is 55.6 Å². The zero-order valence-corrected chi connectivity index (χ0v) is 55.1. The molecule has 0 unspecified atom stereocenters. The van der Waals surface area contributed by atoms with Gasteiger partial charge in [-0.25, -0.2) is 0 Å². The minimum atomic E-state index is 1.11. The summed E-state index contributed by atoms with van der Waals surface area (Å²) in [4.78, 5) is 0. The van der Waals surface area contributed by atoms with Crippen LogP contribution in [0.3, 0.4) is 0 Å². The van der Waals surface area contributed by atoms with Crippen LogP contribution in [0.1, 0.15) is 167 Å². The topological polar surface area (TPSA) is 0 Å². The highest BCUT2D eigenvalue weighted by molar-refractivity contribution is 5.85. The molecule has 0 saturated carbocycles. The average molecular weight is 1110 g/mol. The van der Waals surface area contributed by atoms with E-state index in [9.17, 15) is 0 Å². The number of hydrogen-bond donors (Lipinski definition) is 0. The Balaban J connectivity index is 0.000000111. The van der Waals surface area contributed by atoms with Gasteiger partial charge in [0, 0.05) is 0 Å². The van der Waals surface area contributed by atoms with Gasteiger partial charge in [-0.3, -0.25) is 0 Å². The Kier molecular flexibility index (Phi) is 15.9. The van der Waals surface area contributed by atoms with Crippen molar-refractivity contribution < 1.29 is 0 Å². The number of rotatable bonds is 0. The Morgan fingerprint density at radius 1 is 0.188 bits per heavy atom. The van der Waals surface area contributed by atoms with Crippen molar-refractivity contribution in [3.8, 4) is 55.6 Å². The minimum absolute atomic E-state index is 1.11. The number of benzene rings is 10. The third-order valence-electron chi connectivity index (χ3n) is 21.1. The molecule has 0 N–H and O–H groups in total. The Labute approximate surface area is 511 Å². The molecule has 0 heteroatoms. The molecule has 5 aliphatic rings. The van der Waals surface area contributed by atoms with Crippen LogP contribution in [-0.2, 0) is 32.1 Å². The van der Waals surface area contributed by atoms with Gasteiger partial charge in [0.15, 0.2) is 0 Å². The zero-order chi connectivity index (χ0) is 60.8. The second-order valence-electron chi connectivity index (χ2n) is 26.4. The highest BCUT2D eigenvalue weighted by Gasteiger charge is 2.28. The van der Waals surface area contributed by atoms with Gasteiger partial charge in [-0.15, -0.1) is 0 Å². The van der Waals surface area contributed by atoms with Crippen molar-refractivity contribution in [1.29, 1.82) is 0 Å². The van der Waals surface area contributed by atoms with Gasteiger partial charge in [0.2, 0.25) is 0 Å². The molecule has 0 saturated heterocycles. The Morgan fingerprint density at radius 3 is 1.22 bits per heavy atom. The predicted octanol–water partition coefficient (Wildman–Crippen LogP) is 22.5. The van der Waals surface area contributed by atoms with Crippen molar-refractivity contribution in [2.45, 2.75) is 171 Å². The largest absolute Gasteiger partial charge is 0.0614 e. The van der Waals surface area contributed by atoms with Gasteiger partial charge in [-0.2, -0.15) is 0 Å². The van der Waals surface area contributed by atoms with E-state index in [1.165, 1.54) is 217 Å². The van der Waals surface area contributed by atoms with E-state index in [4.69, 9.17) is 0 Å². The standard InChI is InChI=1S/5C17H18/c1-10-6-8-15-16(12(10)3)9-14-7-5-11(2)13(4)17(14)15;1-10-7-12(3)17-14(8-10)9-16-13(4)11(2)5-6-15(16)17;1-10-5-6-15-16(13(10)4)9-14-7-11(2)12(3)8-17(14)15;1-10-7-8-14-16(13(10)4)9-15-11(2)5-6-12(3)17(14)15;1-10-6-5-7-14-15(10)9-16-13(4)11(2)8-12(3)17(14)16/h5*5-8H,9H2,1-4H3. The molecule has 0 heterocycles. The fourth-order valence-corrected chi connectivity index (χ4v) is 14.9. The molecule has 0 nitrogen and oxygen atoms in total. The predicted molar refractivity (Wildman–Crippen MR) is 368 cm³/mol. The van der Waals surface area contributed by atoms with Crippen LogP contribution < -0.4 is 0 Å². The summed E-state index contributed by atoms with van der Waals surface area (Å²) in [5.41, 5.74) is 58.5. The van der Waals surface area contributed by atoms with Crippen molar-refractivity contribution in [1.82, 2.24) is 0 Å². The third-order valence-corrected chi connectivity index (χ3v) is 21.1. The van der Waals surface area contributed by atoms with Crippen molar-refractivity contribution >= 4 is 0 Å². The van der Waals surface area contributed by atoms with Gasteiger partial charge >= 0.3 is 0 Å². The summed E-state index contributed by atoms with van der Waals surface area (Å²) in [7, 11) is 0. The van der Waals surface area contributed by atoms with E-state index in [1.807, 2.05) is 0 Å². The first kappa shape index (κ1) is 59.0. The highest BCUT2D eigenvalue weighted by atomic mass is 14.3. The first-order valence-corrected chi connectivity index (χ1v) is 31.4. The first-order valence-electron chi connectivity index (χ1n) is 31.4. The molecule has 0 atom stereocenters.